The summed E-state index contributed by atoms with van der Waals surface area (Å²) in [6, 6.07) is 2.16. The highest BCUT2D eigenvalue weighted by Crippen LogP contribution is 2.60. The zero-order chi connectivity index (χ0) is 25.6. The molecule has 0 bridgehead atoms. The van der Waals surface area contributed by atoms with Gasteiger partial charge < -0.3 is 10.6 Å². The molecule has 1 unspecified atom stereocenters. The Hall–Kier alpha value is -3.56. The van der Waals surface area contributed by atoms with Crippen molar-refractivity contribution >= 4 is 17.5 Å². The molecule has 9 nitrogen and oxygen atoms in total. The van der Waals surface area contributed by atoms with E-state index in [4.69, 9.17) is 0 Å². The van der Waals surface area contributed by atoms with Crippen LogP contribution in [0.5, 0.6) is 0 Å². The lowest BCUT2D eigenvalue weighted by molar-refractivity contribution is -0.120. The Bertz CT molecular complexity index is 1290. The first kappa shape index (κ1) is 24.1. The average molecular weight is 494 g/mol. The number of nitrogens with zero attached hydrogens (tertiary/aromatic N) is 4. The lowest BCUT2D eigenvalue weighted by atomic mass is 9.80. The molecule has 5 rings (SSSR count). The van der Waals surface area contributed by atoms with Crippen LogP contribution in [0.3, 0.4) is 0 Å². The molecule has 2 amide bonds. The summed E-state index contributed by atoms with van der Waals surface area (Å²) in [4.78, 5) is 31.1. The fourth-order valence-corrected chi connectivity index (χ4v) is 5.35. The molecule has 3 aromatic heterocycles. The Morgan fingerprint density at radius 1 is 1.31 bits per heavy atom. The third-order valence-electron chi connectivity index (χ3n) is 7.62. The second-order valence-corrected chi connectivity index (χ2v) is 10.4. The van der Waals surface area contributed by atoms with Gasteiger partial charge in [0.25, 0.3) is 5.91 Å². The van der Waals surface area contributed by atoms with Gasteiger partial charge in [0.1, 0.15) is 17.4 Å². The third kappa shape index (κ3) is 4.52. The molecule has 3 heterocycles. The van der Waals surface area contributed by atoms with Crippen LogP contribution in [0.25, 0.3) is 11.3 Å². The van der Waals surface area contributed by atoms with Gasteiger partial charge in [-0.25, -0.2) is 4.39 Å². The molecule has 2 aliphatic rings. The highest BCUT2D eigenvalue weighted by molar-refractivity contribution is 6.00. The number of hydrogen-bond donors (Lipinski definition) is 3. The summed E-state index contributed by atoms with van der Waals surface area (Å²) in [7, 11) is 0. The van der Waals surface area contributed by atoms with Crippen LogP contribution in [-0.4, -0.2) is 42.8 Å². The first-order valence-corrected chi connectivity index (χ1v) is 12.5. The summed E-state index contributed by atoms with van der Waals surface area (Å²) in [6.45, 7) is 8.22. The molecule has 0 aromatic carbocycles. The molecule has 3 N–H and O–H groups in total. The molecule has 36 heavy (non-hydrogen) atoms. The van der Waals surface area contributed by atoms with Gasteiger partial charge in [-0.3, -0.25) is 24.4 Å². The Morgan fingerprint density at radius 2 is 2.06 bits per heavy atom. The monoisotopic (exact) mass is 493 g/mol. The highest BCUT2D eigenvalue weighted by Gasteiger charge is 2.55. The molecule has 2 atom stereocenters. The zero-order valence-electron chi connectivity index (χ0n) is 21.1. The SMILES string of the molecule is CCn1nccc1C(=O)N[C@H](C(=O)Nc1cnc(-c2c(C)n[nH]c2C)c(F)c1)C(C1CC1)C1(C)CC1. The van der Waals surface area contributed by atoms with Crippen molar-refractivity contribution in [3.63, 3.8) is 0 Å². The van der Waals surface area contributed by atoms with E-state index < -0.39 is 11.9 Å². The van der Waals surface area contributed by atoms with E-state index in [1.807, 2.05) is 6.92 Å². The van der Waals surface area contributed by atoms with Crippen LogP contribution in [-0.2, 0) is 11.3 Å². The zero-order valence-corrected chi connectivity index (χ0v) is 21.1. The number of carbonyl (C=O) groups excluding carboxylic acids is 2. The predicted octanol–water partition coefficient (Wildman–Crippen LogP) is 4.01. The van der Waals surface area contributed by atoms with Gasteiger partial charge in [-0.1, -0.05) is 6.92 Å². The number of anilines is 1. The van der Waals surface area contributed by atoms with Gasteiger partial charge in [0.05, 0.1) is 17.6 Å². The van der Waals surface area contributed by atoms with Crippen molar-refractivity contribution in [2.24, 2.45) is 17.3 Å². The van der Waals surface area contributed by atoms with Crippen LogP contribution >= 0.6 is 0 Å². The molecule has 0 spiro atoms. The number of rotatable bonds is 9. The van der Waals surface area contributed by atoms with Crippen molar-refractivity contribution in [2.45, 2.75) is 66.0 Å². The second kappa shape index (κ2) is 9.15. The van der Waals surface area contributed by atoms with Crippen molar-refractivity contribution in [3.05, 3.63) is 47.4 Å². The van der Waals surface area contributed by atoms with Crippen LogP contribution in [0.4, 0.5) is 10.1 Å². The molecular weight excluding hydrogens is 461 g/mol. The van der Waals surface area contributed by atoms with Crippen LogP contribution < -0.4 is 10.6 Å². The Balaban J connectivity index is 1.41. The van der Waals surface area contributed by atoms with Crippen molar-refractivity contribution in [1.29, 1.82) is 0 Å². The average Bonchev–Trinajstić information content (AvgIpc) is 3.74. The van der Waals surface area contributed by atoms with Crippen LogP contribution in [0.15, 0.2) is 24.5 Å². The Kier molecular flexibility index (Phi) is 6.13. The van der Waals surface area contributed by atoms with Gasteiger partial charge in [0.2, 0.25) is 5.91 Å². The van der Waals surface area contributed by atoms with E-state index in [0.29, 0.717) is 29.4 Å². The first-order valence-electron chi connectivity index (χ1n) is 12.5. The molecule has 3 aromatic rings. The second-order valence-electron chi connectivity index (χ2n) is 10.4. The number of nitrogens with one attached hydrogen (secondary N) is 3. The maximum absolute atomic E-state index is 15.1. The standard InChI is InChI=1S/C26H32FN7O2/c1-5-34-19(8-11-29-34)24(35)31-23(21(16-6-7-16)26(4)9-10-26)25(36)30-17-12-18(27)22(28-13-17)20-14(2)32-33-15(20)3/h8,11-13,16,21,23H,5-7,9-10H2,1-4H3,(H,30,36)(H,31,35)(H,32,33)/t21?,23-/m0/s1. The number of hydrogen-bond acceptors (Lipinski definition) is 5. The summed E-state index contributed by atoms with van der Waals surface area (Å²) in [5.74, 6) is -0.863. The third-order valence-corrected chi connectivity index (χ3v) is 7.62. The summed E-state index contributed by atoms with van der Waals surface area (Å²) in [6.07, 6.45) is 7.15. The van der Waals surface area contributed by atoms with Gasteiger partial charge in [0.15, 0.2) is 5.82 Å². The summed E-state index contributed by atoms with van der Waals surface area (Å²) in [5, 5.41) is 17.0. The highest BCUT2D eigenvalue weighted by atomic mass is 19.1. The largest absolute Gasteiger partial charge is 0.339 e. The number of aromatic amines is 1. The van der Waals surface area contributed by atoms with Crippen molar-refractivity contribution in [3.8, 4) is 11.3 Å². The molecule has 0 radical (unpaired) electrons. The molecule has 2 saturated carbocycles. The van der Waals surface area contributed by atoms with Crippen LogP contribution in [0.1, 0.15) is 61.4 Å². The molecule has 0 saturated heterocycles. The number of pyridine rings is 1. The van der Waals surface area contributed by atoms with Gasteiger partial charge in [-0.2, -0.15) is 10.2 Å². The lowest BCUT2D eigenvalue weighted by Crippen LogP contribution is -2.51. The lowest BCUT2D eigenvalue weighted by Gasteiger charge is -2.32. The van der Waals surface area contributed by atoms with Gasteiger partial charge in [-0.15, -0.1) is 0 Å². The van der Waals surface area contributed by atoms with Crippen molar-refractivity contribution in [1.82, 2.24) is 30.3 Å². The Morgan fingerprint density at radius 3 is 2.64 bits per heavy atom. The summed E-state index contributed by atoms with van der Waals surface area (Å²) >= 11 is 0. The predicted molar refractivity (Wildman–Crippen MR) is 133 cm³/mol. The molecule has 2 fully saturated rings. The van der Waals surface area contributed by atoms with E-state index in [0.717, 1.165) is 31.4 Å². The molecule has 0 aliphatic heterocycles. The number of H-pyrrole nitrogens is 1. The Labute approximate surface area is 209 Å². The normalized spacial score (nSPS) is 17.9. The van der Waals surface area contributed by atoms with E-state index >= 15 is 4.39 Å². The number of aromatic nitrogens is 5. The molecule has 2 aliphatic carbocycles. The van der Waals surface area contributed by atoms with E-state index in [1.54, 1.807) is 30.8 Å². The van der Waals surface area contributed by atoms with E-state index in [9.17, 15) is 9.59 Å². The van der Waals surface area contributed by atoms with Crippen molar-refractivity contribution < 1.29 is 14.0 Å². The topological polar surface area (TPSA) is 118 Å². The van der Waals surface area contributed by atoms with Gasteiger partial charge in [-0.05, 0) is 69.8 Å². The minimum Gasteiger partial charge on any atom is -0.339 e. The van der Waals surface area contributed by atoms with Crippen molar-refractivity contribution in [2.75, 3.05) is 5.32 Å². The summed E-state index contributed by atoms with van der Waals surface area (Å²) in [5.41, 5.74) is 2.81. The van der Waals surface area contributed by atoms with E-state index in [-0.39, 0.29) is 34.5 Å². The van der Waals surface area contributed by atoms with Gasteiger partial charge >= 0.3 is 0 Å². The maximum atomic E-state index is 15.1. The minimum atomic E-state index is -0.751. The number of amides is 2. The van der Waals surface area contributed by atoms with Crippen LogP contribution in [0.2, 0.25) is 0 Å². The smallest absolute Gasteiger partial charge is 0.270 e. The molecule has 10 heteroatoms. The quantitative estimate of drug-likeness (QED) is 0.416. The fraction of sp³-hybridized carbons (Fsp3) is 0.500. The fourth-order valence-electron chi connectivity index (χ4n) is 5.35. The number of halogens is 1. The maximum Gasteiger partial charge on any atom is 0.270 e. The van der Waals surface area contributed by atoms with E-state index in [2.05, 4.69) is 37.8 Å². The van der Waals surface area contributed by atoms with E-state index in [1.165, 1.54) is 12.3 Å². The minimum absolute atomic E-state index is 0.00511. The molecule has 190 valence electrons. The van der Waals surface area contributed by atoms with Gasteiger partial charge in [0, 0.05) is 30.1 Å². The number of carbonyl (C=O) groups is 2. The molecular formula is C26H32FN7O2. The van der Waals surface area contributed by atoms with Crippen LogP contribution in [0, 0.1) is 36.9 Å². The number of aryl methyl sites for hydroxylation is 3. The summed E-state index contributed by atoms with van der Waals surface area (Å²) < 4.78 is 16.7. The first-order chi connectivity index (χ1) is 17.2.